The SMILES string of the molecule is CCN(CC)C(=O)c1ccc(C2=CC3(CCCNCC3)Oc3ccccc32)c(O)c1. The Morgan fingerprint density at radius 3 is 2.67 bits per heavy atom. The van der Waals surface area contributed by atoms with Gasteiger partial charge in [-0.2, -0.15) is 0 Å². The Kier molecular flexibility index (Phi) is 5.82. The summed E-state index contributed by atoms with van der Waals surface area (Å²) < 4.78 is 6.50. The fraction of sp³-hybridized carbons (Fsp3) is 0.400. The number of aromatic hydroxyl groups is 1. The lowest BCUT2D eigenvalue weighted by Crippen LogP contribution is -2.37. The lowest BCUT2D eigenvalue weighted by Gasteiger charge is -2.36. The van der Waals surface area contributed by atoms with Crippen LogP contribution < -0.4 is 10.1 Å². The summed E-state index contributed by atoms with van der Waals surface area (Å²) in [5, 5.41) is 14.4. The zero-order valence-corrected chi connectivity index (χ0v) is 17.8. The van der Waals surface area contributed by atoms with Crippen LogP contribution in [-0.4, -0.2) is 47.7 Å². The van der Waals surface area contributed by atoms with Crippen molar-refractivity contribution in [2.24, 2.45) is 0 Å². The Morgan fingerprint density at radius 2 is 1.90 bits per heavy atom. The molecule has 4 rings (SSSR count). The molecule has 2 aromatic carbocycles. The number of carbonyl (C=O) groups is 1. The second kappa shape index (κ2) is 8.52. The van der Waals surface area contributed by atoms with Gasteiger partial charge in [-0.25, -0.2) is 0 Å². The molecule has 2 aliphatic rings. The molecule has 1 atom stereocenters. The molecule has 1 amide bonds. The highest BCUT2D eigenvalue weighted by Crippen LogP contribution is 2.44. The number of rotatable bonds is 4. The Bertz CT molecular complexity index is 955. The summed E-state index contributed by atoms with van der Waals surface area (Å²) in [6, 6.07) is 13.3. The van der Waals surface area contributed by atoms with Gasteiger partial charge in [0.15, 0.2) is 0 Å². The molecule has 30 heavy (non-hydrogen) atoms. The number of carbonyl (C=O) groups excluding carboxylic acids is 1. The first kappa shape index (κ1) is 20.5. The number of para-hydroxylation sites is 1. The van der Waals surface area contributed by atoms with Crippen molar-refractivity contribution in [1.29, 1.82) is 0 Å². The molecule has 158 valence electrons. The van der Waals surface area contributed by atoms with E-state index in [1.54, 1.807) is 11.0 Å². The van der Waals surface area contributed by atoms with Gasteiger partial charge in [0.25, 0.3) is 5.91 Å². The fourth-order valence-corrected chi connectivity index (χ4v) is 4.49. The molecular formula is C25H30N2O3. The van der Waals surface area contributed by atoms with Gasteiger partial charge < -0.3 is 20.1 Å². The Hall–Kier alpha value is -2.79. The second-order valence-electron chi connectivity index (χ2n) is 8.03. The molecule has 2 aromatic rings. The average molecular weight is 407 g/mol. The standard InChI is InChI=1S/C25H30N2O3/c1-3-27(4-2)24(29)18-10-11-19(22(28)16-18)21-17-25(12-7-14-26-15-13-25)30-23-9-6-5-8-20(21)23/h5-6,8-11,16-17,26,28H,3-4,7,12-15H2,1-2H3. The highest BCUT2D eigenvalue weighted by Gasteiger charge is 2.36. The predicted octanol–water partition coefficient (Wildman–Crippen LogP) is 4.21. The molecule has 2 N–H and O–H groups in total. The van der Waals surface area contributed by atoms with Crippen molar-refractivity contribution in [1.82, 2.24) is 10.2 Å². The van der Waals surface area contributed by atoms with Gasteiger partial charge in [0.05, 0.1) is 0 Å². The van der Waals surface area contributed by atoms with E-state index in [1.807, 2.05) is 50.2 Å². The number of ether oxygens (including phenoxy) is 1. The second-order valence-corrected chi connectivity index (χ2v) is 8.03. The van der Waals surface area contributed by atoms with Crippen LogP contribution in [0.2, 0.25) is 0 Å². The highest BCUT2D eigenvalue weighted by molar-refractivity contribution is 5.96. The van der Waals surface area contributed by atoms with Crippen LogP contribution in [-0.2, 0) is 0 Å². The monoisotopic (exact) mass is 406 g/mol. The van der Waals surface area contributed by atoms with Crippen LogP contribution in [0, 0.1) is 0 Å². The van der Waals surface area contributed by atoms with Crippen LogP contribution in [0.4, 0.5) is 0 Å². The van der Waals surface area contributed by atoms with Crippen molar-refractivity contribution in [3.8, 4) is 11.5 Å². The first-order valence-corrected chi connectivity index (χ1v) is 10.9. The number of phenols is 1. The van der Waals surface area contributed by atoms with E-state index in [1.165, 1.54) is 0 Å². The largest absolute Gasteiger partial charge is 0.507 e. The molecule has 5 nitrogen and oxygen atoms in total. The third-order valence-corrected chi connectivity index (χ3v) is 6.16. The van der Waals surface area contributed by atoms with E-state index in [0.29, 0.717) is 18.7 Å². The van der Waals surface area contributed by atoms with Crippen LogP contribution in [0.1, 0.15) is 54.6 Å². The van der Waals surface area contributed by atoms with Crippen LogP contribution in [0.3, 0.4) is 0 Å². The van der Waals surface area contributed by atoms with Crippen molar-refractivity contribution < 1.29 is 14.6 Å². The van der Waals surface area contributed by atoms with Gasteiger partial charge in [-0.1, -0.05) is 18.2 Å². The van der Waals surface area contributed by atoms with E-state index in [4.69, 9.17) is 4.74 Å². The molecule has 0 saturated carbocycles. The van der Waals surface area contributed by atoms with E-state index < -0.39 is 0 Å². The van der Waals surface area contributed by atoms with Crippen molar-refractivity contribution in [3.63, 3.8) is 0 Å². The van der Waals surface area contributed by atoms with E-state index >= 15 is 0 Å². The number of nitrogens with zero attached hydrogens (tertiary/aromatic N) is 1. The normalized spacial score (nSPS) is 20.7. The lowest BCUT2D eigenvalue weighted by atomic mass is 9.84. The smallest absolute Gasteiger partial charge is 0.253 e. The first-order chi connectivity index (χ1) is 14.6. The Labute approximate surface area is 178 Å². The number of amides is 1. The Balaban J connectivity index is 1.77. The minimum absolute atomic E-state index is 0.0606. The van der Waals surface area contributed by atoms with Crippen molar-refractivity contribution >= 4 is 11.5 Å². The zero-order chi connectivity index (χ0) is 21.1. The molecule has 1 fully saturated rings. The summed E-state index contributed by atoms with van der Waals surface area (Å²) in [6.45, 7) is 7.09. The predicted molar refractivity (Wildman–Crippen MR) is 119 cm³/mol. The first-order valence-electron chi connectivity index (χ1n) is 10.9. The summed E-state index contributed by atoms with van der Waals surface area (Å²) >= 11 is 0. The van der Waals surface area contributed by atoms with Gasteiger partial charge in [0.1, 0.15) is 17.1 Å². The maximum absolute atomic E-state index is 12.7. The fourth-order valence-electron chi connectivity index (χ4n) is 4.49. The van der Waals surface area contributed by atoms with Gasteiger partial charge in [-0.3, -0.25) is 4.79 Å². The van der Waals surface area contributed by atoms with Gasteiger partial charge in [-0.05, 0) is 75.7 Å². The summed E-state index contributed by atoms with van der Waals surface area (Å²) in [7, 11) is 0. The molecule has 0 aliphatic carbocycles. The quantitative estimate of drug-likeness (QED) is 0.798. The van der Waals surface area contributed by atoms with Gasteiger partial charge >= 0.3 is 0 Å². The van der Waals surface area contributed by atoms with Crippen LogP contribution in [0.5, 0.6) is 11.5 Å². The molecule has 2 heterocycles. The molecule has 5 heteroatoms. The van der Waals surface area contributed by atoms with Crippen molar-refractivity contribution in [3.05, 3.63) is 65.2 Å². The lowest BCUT2D eigenvalue weighted by molar-refractivity contribution is 0.0772. The van der Waals surface area contributed by atoms with Crippen molar-refractivity contribution in [2.75, 3.05) is 26.2 Å². The number of hydrogen-bond acceptors (Lipinski definition) is 4. The minimum atomic E-state index is -0.380. The maximum Gasteiger partial charge on any atom is 0.253 e. The van der Waals surface area contributed by atoms with Crippen LogP contribution in [0.15, 0.2) is 48.5 Å². The molecule has 1 spiro atoms. The third kappa shape index (κ3) is 3.82. The molecule has 0 aromatic heterocycles. The number of phenolic OH excluding ortho intramolecular Hbond substituents is 1. The van der Waals surface area contributed by atoms with E-state index in [-0.39, 0.29) is 17.3 Å². The van der Waals surface area contributed by atoms with E-state index in [2.05, 4.69) is 11.4 Å². The molecule has 1 unspecified atom stereocenters. The molecule has 0 radical (unpaired) electrons. The zero-order valence-electron chi connectivity index (χ0n) is 17.8. The topological polar surface area (TPSA) is 61.8 Å². The highest BCUT2D eigenvalue weighted by atomic mass is 16.5. The number of hydrogen-bond donors (Lipinski definition) is 2. The van der Waals surface area contributed by atoms with Gasteiger partial charge in [-0.15, -0.1) is 0 Å². The van der Waals surface area contributed by atoms with Crippen LogP contribution >= 0.6 is 0 Å². The molecule has 1 saturated heterocycles. The minimum Gasteiger partial charge on any atom is -0.507 e. The van der Waals surface area contributed by atoms with E-state index in [9.17, 15) is 9.90 Å². The number of benzene rings is 2. The van der Waals surface area contributed by atoms with Crippen molar-refractivity contribution in [2.45, 2.75) is 38.7 Å². The maximum atomic E-state index is 12.7. The molecule has 2 aliphatic heterocycles. The number of fused-ring (bicyclic) bond motifs is 1. The summed E-state index contributed by atoms with van der Waals surface area (Å²) in [6.07, 6.45) is 5.03. The number of nitrogens with one attached hydrogen (secondary N) is 1. The summed E-state index contributed by atoms with van der Waals surface area (Å²) in [5.74, 6) is 0.909. The average Bonchev–Trinajstić information content (AvgIpc) is 2.99. The van der Waals surface area contributed by atoms with Crippen LogP contribution in [0.25, 0.3) is 5.57 Å². The summed E-state index contributed by atoms with van der Waals surface area (Å²) in [5.41, 5.74) is 2.80. The van der Waals surface area contributed by atoms with Gasteiger partial charge in [0.2, 0.25) is 0 Å². The summed E-state index contributed by atoms with van der Waals surface area (Å²) in [4.78, 5) is 14.5. The third-order valence-electron chi connectivity index (χ3n) is 6.16. The molecular weight excluding hydrogens is 376 g/mol. The Morgan fingerprint density at radius 1 is 1.10 bits per heavy atom. The molecule has 0 bridgehead atoms. The van der Waals surface area contributed by atoms with E-state index in [0.717, 1.165) is 54.8 Å². The van der Waals surface area contributed by atoms with Gasteiger partial charge in [0, 0.05) is 36.2 Å².